The first kappa shape index (κ1) is 22.9. The van der Waals surface area contributed by atoms with Gasteiger partial charge in [0.15, 0.2) is 11.4 Å². The highest BCUT2D eigenvalue weighted by molar-refractivity contribution is 6.36. The Morgan fingerprint density at radius 3 is 2.66 bits per heavy atom. The number of imidazole rings is 1. The lowest BCUT2D eigenvalue weighted by atomic mass is 10.0. The molecule has 1 saturated heterocycles. The number of pyridine rings is 1. The van der Waals surface area contributed by atoms with Crippen LogP contribution in [0.5, 0.6) is 5.75 Å². The molecule has 3 heterocycles. The Kier molecular flexibility index (Phi) is 6.90. The Hall–Kier alpha value is -2.32. The van der Waals surface area contributed by atoms with E-state index in [1.54, 1.807) is 27.6 Å². The lowest BCUT2D eigenvalue weighted by Gasteiger charge is -2.26. The molecule has 170 valence electrons. The monoisotopic (exact) mass is 476 g/mol. The minimum Gasteiger partial charge on any atom is -0.489 e. The van der Waals surface area contributed by atoms with E-state index in [1.165, 1.54) is 0 Å². The van der Waals surface area contributed by atoms with Gasteiger partial charge in [-0.15, -0.1) is 0 Å². The molecular weight excluding hydrogens is 451 g/mol. The maximum atomic E-state index is 13.3. The zero-order valence-electron chi connectivity index (χ0n) is 18.1. The first-order valence-electron chi connectivity index (χ1n) is 10.6. The third-order valence-corrected chi connectivity index (χ3v) is 5.91. The van der Waals surface area contributed by atoms with Crippen LogP contribution >= 0.6 is 23.2 Å². The highest BCUT2D eigenvalue weighted by atomic mass is 35.5. The van der Waals surface area contributed by atoms with E-state index in [0.717, 1.165) is 16.7 Å². The molecule has 3 aromatic rings. The molecule has 0 aliphatic carbocycles. The van der Waals surface area contributed by atoms with Gasteiger partial charge in [-0.05, 0) is 18.1 Å². The third-order valence-electron chi connectivity index (χ3n) is 5.36. The fourth-order valence-electron chi connectivity index (χ4n) is 3.75. The number of aromatic nitrogens is 2. The summed E-state index contributed by atoms with van der Waals surface area (Å²) in [6, 6.07) is 5.30. The number of hydrogen-bond acceptors (Lipinski definition) is 5. The van der Waals surface area contributed by atoms with Crippen molar-refractivity contribution in [1.29, 1.82) is 0 Å². The Bertz CT molecular complexity index is 1140. The second kappa shape index (κ2) is 9.67. The van der Waals surface area contributed by atoms with Gasteiger partial charge in [-0.25, -0.2) is 4.98 Å². The highest BCUT2D eigenvalue weighted by Crippen LogP contribution is 2.38. The minimum atomic E-state index is -0.107. The lowest BCUT2D eigenvalue weighted by Crippen LogP contribution is -2.41. The van der Waals surface area contributed by atoms with Gasteiger partial charge in [0.1, 0.15) is 5.69 Å². The number of rotatable bonds is 6. The number of benzene rings is 1. The summed E-state index contributed by atoms with van der Waals surface area (Å²) in [4.78, 5) is 19.6. The van der Waals surface area contributed by atoms with Crippen molar-refractivity contribution in [2.75, 3.05) is 32.9 Å². The molecule has 1 amide bonds. The average Bonchev–Trinajstić information content (AvgIpc) is 3.20. The number of carbonyl (C=O) groups is 1. The van der Waals surface area contributed by atoms with Crippen LogP contribution in [0.3, 0.4) is 0 Å². The van der Waals surface area contributed by atoms with E-state index in [-0.39, 0.29) is 12.5 Å². The number of carbonyl (C=O) groups excluding carboxylic acids is 1. The number of morpholine rings is 1. The molecule has 0 atom stereocenters. The Labute approximate surface area is 197 Å². The quantitative estimate of drug-likeness (QED) is 0.574. The standard InChI is InChI=1S/C23H26Cl2N4O3/c1-14(2)13-32-21-17(10-26)18(16-4-3-15(24)9-19(16)25)12-29-20(11-27-22(21)29)23(30)28-5-7-31-8-6-28/h3-4,9,11-12,14H,5-8,10,13,26H2,1-2H3. The summed E-state index contributed by atoms with van der Waals surface area (Å²) < 4.78 is 13.3. The molecular formula is C23H26Cl2N4O3. The van der Waals surface area contributed by atoms with Crippen LogP contribution in [0.15, 0.2) is 30.6 Å². The number of halogens is 2. The van der Waals surface area contributed by atoms with Crippen LogP contribution in [0, 0.1) is 5.92 Å². The molecule has 0 saturated carbocycles. The maximum absolute atomic E-state index is 13.3. The van der Waals surface area contributed by atoms with Gasteiger partial charge in [0.05, 0.1) is 26.0 Å². The van der Waals surface area contributed by atoms with E-state index >= 15 is 0 Å². The molecule has 4 rings (SSSR count). The van der Waals surface area contributed by atoms with Crippen molar-refractivity contribution in [1.82, 2.24) is 14.3 Å². The van der Waals surface area contributed by atoms with Crippen LogP contribution in [-0.2, 0) is 11.3 Å². The van der Waals surface area contributed by atoms with Crippen LogP contribution in [0.2, 0.25) is 10.0 Å². The topological polar surface area (TPSA) is 82.1 Å². The van der Waals surface area contributed by atoms with E-state index in [4.69, 9.17) is 38.4 Å². The second-order valence-corrected chi connectivity index (χ2v) is 8.97. The van der Waals surface area contributed by atoms with E-state index in [9.17, 15) is 4.79 Å². The molecule has 32 heavy (non-hydrogen) atoms. The van der Waals surface area contributed by atoms with Gasteiger partial charge in [0.2, 0.25) is 0 Å². The molecule has 1 aliphatic rings. The van der Waals surface area contributed by atoms with E-state index in [0.29, 0.717) is 66.0 Å². The van der Waals surface area contributed by atoms with E-state index < -0.39 is 0 Å². The summed E-state index contributed by atoms with van der Waals surface area (Å²) in [6.45, 7) is 6.97. The number of nitrogens with two attached hydrogens (primary N) is 1. The number of ether oxygens (including phenoxy) is 2. The molecule has 9 heteroatoms. The molecule has 0 radical (unpaired) electrons. The fourth-order valence-corrected chi connectivity index (χ4v) is 4.27. The van der Waals surface area contributed by atoms with Gasteiger partial charge in [0.25, 0.3) is 5.91 Å². The molecule has 0 unspecified atom stereocenters. The van der Waals surface area contributed by atoms with Crippen molar-refractivity contribution in [3.63, 3.8) is 0 Å². The van der Waals surface area contributed by atoms with Gasteiger partial charge < -0.3 is 20.1 Å². The van der Waals surface area contributed by atoms with Crippen LogP contribution in [0.25, 0.3) is 16.8 Å². The molecule has 2 N–H and O–H groups in total. The average molecular weight is 477 g/mol. The van der Waals surface area contributed by atoms with Crippen molar-refractivity contribution in [2.45, 2.75) is 20.4 Å². The smallest absolute Gasteiger partial charge is 0.272 e. The summed E-state index contributed by atoms with van der Waals surface area (Å²) in [5, 5.41) is 1.03. The third kappa shape index (κ3) is 4.43. The number of fused-ring (bicyclic) bond motifs is 1. The van der Waals surface area contributed by atoms with Crippen molar-refractivity contribution in [3.8, 4) is 16.9 Å². The molecule has 0 bridgehead atoms. The van der Waals surface area contributed by atoms with Gasteiger partial charge in [-0.3, -0.25) is 9.20 Å². The highest BCUT2D eigenvalue weighted by Gasteiger charge is 2.25. The van der Waals surface area contributed by atoms with Gasteiger partial charge in [-0.2, -0.15) is 0 Å². The summed E-state index contributed by atoms with van der Waals surface area (Å²) in [5.74, 6) is 0.753. The second-order valence-electron chi connectivity index (χ2n) is 8.13. The van der Waals surface area contributed by atoms with Gasteiger partial charge >= 0.3 is 0 Å². The summed E-state index contributed by atoms with van der Waals surface area (Å²) in [6.07, 6.45) is 3.44. The lowest BCUT2D eigenvalue weighted by molar-refractivity contribution is 0.0298. The number of amides is 1. The summed E-state index contributed by atoms with van der Waals surface area (Å²) >= 11 is 12.7. The predicted octanol–water partition coefficient (Wildman–Crippen LogP) is 4.27. The van der Waals surface area contributed by atoms with Crippen LogP contribution in [0.4, 0.5) is 0 Å². The molecule has 2 aromatic heterocycles. The number of nitrogens with zero attached hydrogens (tertiary/aromatic N) is 3. The fraction of sp³-hybridized carbons (Fsp3) is 0.391. The SMILES string of the molecule is CC(C)COc1c(CN)c(-c2ccc(Cl)cc2Cl)cn2c(C(=O)N3CCOCC3)cnc12. The zero-order valence-corrected chi connectivity index (χ0v) is 19.6. The van der Waals surface area contributed by atoms with Crippen LogP contribution in [0.1, 0.15) is 29.9 Å². The van der Waals surface area contributed by atoms with Crippen molar-refractivity contribution >= 4 is 34.8 Å². The van der Waals surface area contributed by atoms with E-state index in [1.807, 2.05) is 12.3 Å². The summed E-state index contributed by atoms with van der Waals surface area (Å²) in [7, 11) is 0. The van der Waals surface area contributed by atoms with Gasteiger partial charge in [-0.1, -0.05) is 43.1 Å². The zero-order chi connectivity index (χ0) is 22.8. The summed E-state index contributed by atoms with van der Waals surface area (Å²) in [5.41, 5.74) is 9.48. The minimum absolute atomic E-state index is 0.107. The molecule has 1 aliphatic heterocycles. The first-order chi connectivity index (χ1) is 15.4. The van der Waals surface area contributed by atoms with Crippen molar-refractivity contribution in [2.24, 2.45) is 11.7 Å². The van der Waals surface area contributed by atoms with Crippen molar-refractivity contribution < 1.29 is 14.3 Å². The van der Waals surface area contributed by atoms with Crippen LogP contribution in [-0.4, -0.2) is 53.1 Å². The van der Waals surface area contributed by atoms with Crippen LogP contribution < -0.4 is 10.5 Å². The first-order valence-corrected chi connectivity index (χ1v) is 11.3. The van der Waals surface area contributed by atoms with Gasteiger partial charge in [0, 0.05) is 52.6 Å². The Balaban J connectivity index is 1.92. The molecule has 0 spiro atoms. The predicted molar refractivity (Wildman–Crippen MR) is 126 cm³/mol. The molecule has 1 aromatic carbocycles. The largest absolute Gasteiger partial charge is 0.489 e. The molecule has 1 fully saturated rings. The normalized spacial score (nSPS) is 14.4. The maximum Gasteiger partial charge on any atom is 0.272 e. The van der Waals surface area contributed by atoms with Crippen molar-refractivity contribution in [3.05, 3.63) is 51.9 Å². The number of hydrogen-bond donors (Lipinski definition) is 1. The Morgan fingerprint density at radius 1 is 1.25 bits per heavy atom. The molecule has 7 nitrogen and oxygen atoms in total. The Morgan fingerprint density at radius 2 is 2.00 bits per heavy atom. The van der Waals surface area contributed by atoms with E-state index in [2.05, 4.69) is 18.8 Å².